The molecular formula is C7H17BrNOP. The van der Waals surface area contributed by atoms with E-state index in [1.165, 1.54) is 12.8 Å². The Morgan fingerprint density at radius 1 is 1.55 bits per heavy atom. The van der Waals surface area contributed by atoms with Crippen LogP contribution in [0.4, 0.5) is 0 Å². The first-order valence-electron chi connectivity index (χ1n) is 3.70. The average Bonchev–Trinajstić information content (AvgIpc) is 1.99. The zero-order valence-corrected chi connectivity index (χ0v) is 9.75. The van der Waals surface area contributed by atoms with Crippen molar-refractivity contribution in [1.82, 2.24) is 5.09 Å². The highest BCUT2D eigenvalue weighted by atomic mass is 79.9. The molecule has 0 saturated heterocycles. The molecule has 0 aromatic heterocycles. The van der Waals surface area contributed by atoms with Crippen molar-refractivity contribution in [3.63, 3.8) is 0 Å². The second kappa shape index (κ2) is 6.24. The summed E-state index contributed by atoms with van der Waals surface area (Å²) < 4.78 is 5.20. The Morgan fingerprint density at radius 2 is 2.18 bits per heavy atom. The van der Waals surface area contributed by atoms with Crippen LogP contribution in [0.15, 0.2) is 0 Å². The Bertz CT molecular complexity index is 140. The van der Waals surface area contributed by atoms with Crippen molar-refractivity contribution in [3.8, 4) is 0 Å². The topological polar surface area (TPSA) is 21.3 Å². The van der Waals surface area contributed by atoms with E-state index in [1.54, 1.807) is 7.11 Å². The maximum absolute atomic E-state index is 5.20. The van der Waals surface area contributed by atoms with Crippen LogP contribution in [0.1, 0.15) is 12.8 Å². The van der Waals surface area contributed by atoms with Gasteiger partial charge in [-0.1, -0.05) is 22.2 Å². The molecule has 0 radical (unpaired) electrons. The minimum absolute atomic E-state index is 1.01. The van der Waals surface area contributed by atoms with Crippen LogP contribution in [0.2, 0.25) is 0 Å². The fraction of sp³-hybridized carbons (Fsp3) is 0.857. The third-order valence-electron chi connectivity index (χ3n) is 1.41. The minimum atomic E-state index is -1.48. The molecule has 0 aliphatic heterocycles. The van der Waals surface area contributed by atoms with Gasteiger partial charge in [0.05, 0.1) is 7.26 Å². The van der Waals surface area contributed by atoms with Crippen molar-refractivity contribution in [2.24, 2.45) is 0 Å². The maximum atomic E-state index is 5.20. The van der Waals surface area contributed by atoms with Gasteiger partial charge in [-0.3, -0.25) is 5.09 Å². The van der Waals surface area contributed by atoms with Crippen LogP contribution < -0.4 is 5.09 Å². The van der Waals surface area contributed by atoms with Gasteiger partial charge in [0.2, 0.25) is 0 Å². The fourth-order valence-electron chi connectivity index (χ4n) is 0.600. The van der Waals surface area contributed by atoms with Crippen molar-refractivity contribution in [3.05, 3.63) is 0 Å². The zero-order chi connectivity index (χ0) is 8.74. The quantitative estimate of drug-likeness (QED) is 0.438. The molecule has 0 amide bonds. The summed E-state index contributed by atoms with van der Waals surface area (Å²) in [4.78, 5) is 0. The van der Waals surface area contributed by atoms with Gasteiger partial charge in [-0.25, -0.2) is 0 Å². The molecule has 0 aliphatic rings. The second-order valence-electron chi connectivity index (χ2n) is 2.59. The zero-order valence-electron chi connectivity index (χ0n) is 7.27. The fourth-order valence-corrected chi connectivity index (χ4v) is 1.76. The summed E-state index contributed by atoms with van der Waals surface area (Å²) in [5.74, 6) is 0. The Balaban J connectivity index is 3.31. The first kappa shape index (κ1) is 11.7. The molecule has 2 nitrogen and oxygen atoms in total. The molecule has 0 rings (SSSR count). The van der Waals surface area contributed by atoms with Gasteiger partial charge in [0, 0.05) is 19.0 Å². The van der Waals surface area contributed by atoms with E-state index >= 15 is 0 Å². The maximum Gasteiger partial charge on any atom is 0.0571 e. The van der Waals surface area contributed by atoms with E-state index < -0.39 is 7.26 Å². The molecule has 0 fully saturated rings. The highest BCUT2D eigenvalue weighted by Crippen LogP contribution is 2.34. The summed E-state index contributed by atoms with van der Waals surface area (Å²) in [5, 5.41) is 4.38. The smallest absolute Gasteiger partial charge is 0.0571 e. The van der Waals surface area contributed by atoms with E-state index in [0.717, 1.165) is 11.9 Å². The van der Waals surface area contributed by atoms with Gasteiger partial charge in [0.1, 0.15) is 0 Å². The van der Waals surface area contributed by atoms with Crippen LogP contribution in [0.5, 0.6) is 0 Å². The van der Waals surface area contributed by atoms with Crippen molar-refractivity contribution in [2.75, 3.05) is 25.6 Å². The average molecular weight is 242 g/mol. The molecule has 0 aromatic carbocycles. The van der Waals surface area contributed by atoms with Crippen LogP contribution in [0.3, 0.4) is 0 Å². The minimum Gasteiger partial charge on any atom is -0.351 e. The van der Waals surface area contributed by atoms with Crippen LogP contribution in [0.25, 0.3) is 0 Å². The lowest BCUT2D eigenvalue weighted by atomic mass is 10.3. The van der Waals surface area contributed by atoms with E-state index in [0.29, 0.717) is 0 Å². The van der Waals surface area contributed by atoms with Gasteiger partial charge in [-0.05, 0) is 19.5 Å². The number of nitrogens with one attached hydrogen (secondary N) is 1. The molecule has 0 spiro atoms. The summed E-state index contributed by atoms with van der Waals surface area (Å²) in [6.07, 6.45) is 6.34. The predicted molar refractivity (Wildman–Crippen MR) is 58.0 cm³/mol. The lowest BCUT2D eigenvalue weighted by molar-refractivity contribution is 0.452. The van der Waals surface area contributed by atoms with Gasteiger partial charge in [0.15, 0.2) is 0 Å². The number of hydrogen-bond donors (Lipinski definition) is 1. The van der Waals surface area contributed by atoms with Gasteiger partial charge in [-0.2, -0.15) is 0 Å². The normalized spacial score (nSPS) is 16.3. The first-order chi connectivity index (χ1) is 5.12. The number of unbranched alkanes of at least 4 members (excludes halogenated alkanes) is 1. The Morgan fingerprint density at radius 3 is 2.64 bits per heavy atom. The largest absolute Gasteiger partial charge is 0.351 e. The van der Waals surface area contributed by atoms with Gasteiger partial charge in [-0.15, -0.1) is 0 Å². The molecule has 4 heteroatoms. The van der Waals surface area contributed by atoms with E-state index in [1.807, 2.05) is 6.66 Å². The molecule has 1 unspecified atom stereocenters. The Hall–Kier alpha value is 0.700. The van der Waals surface area contributed by atoms with Crippen LogP contribution >= 0.6 is 23.2 Å². The highest BCUT2D eigenvalue weighted by molar-refractivity contribution is 9.09. The standard InChI is InChI=1S/C7H17BrNOP/c1-10-11(2,3)9-7-5-4-6-8/h9H,2,4-7H2,1,3H3. The second-order valence-corrected chi connectivity index (χ2v) is 6.26. The van der Waals surface area contributed by atoms with Crippen molar-refractivity contribution in [1.29, 1.82) is 0 Å². The van der Waals surface area contributed by atoms with Crippen LogP contribution in [0, 0.1) is 0 Å². The summed E-state index contributed by atoms with van der Waals surface area (Å²) in [6.45, 7) is 3.04. The SMILES string of the molecule is C=P(C)(NCCCCBr)OC. The Labute approximate surface area is 77.9 Å². The molecule has 11 heavy (non-hydrogen) atoms. The van der Waals surface area contributed by atoms with E-state index in [9.17, 15) is 0 Å². The molecule has 0 heterocycles. The van der Waals surface area contributed by atoms with E-state index in [2.05, 4.69) is 27.3 Å². The van der Waals surface area contributed by atoms with Crippen molar-refractivity contribution < 1.29 is 4.52 Å². The first-order valence-corrected chi connectivity index (χ1v) is 7.16. The molecule has 1 atom stereocenters. The number of alkyl halides is 1. The molecule has 68 valence electrons. The summed E-state index contributed by atoms with van der Waals surface area (Å²) >= 11 is 3.38. The molecule has 0 bridgehead atoms. The summed E-state index contributed by atoms with van der Waals surface area (Å²) in [7, 11) is 0.228. The van der Waals surface area contributed by atoms with Crippen molar-refractivity contribution in [2.45, 2.75) is 12.8 Å². The third-order valence-corrected chi connectivity index (χ3v) is 3.67. The number of hydrogen-bond acceptors (Lipinski definition) is 2. The number of halogens is 1. The van der Waals surface area contributed by atoms with Gasteiger partial charge in [0.25, 0.3) is 0 Å². The summed E-state index contributed by atoms with van der Waals surface area (Å²) in [6, 6.07) is 0. The van der Waals surface area contributed by atoms with Gasteiger partial charge < -0.3 is 4.52 Å². The predicted octanol–water partition coefficient (Wildman–Crippen LogP) is 2.31. The molecule has 0 saturated carbocycles. The third kappa shape index (κ3) is 7.07. The van der Waals surface area contributed by atoms with E-state index in [-0.39, 0.29) is 0 Å². The number of rotatable bonds is 6. The molecule has 0 aromatic rings. The molecular weight excluding hydrogens is 225 g/mol. The lowest BCUT2D eigenvalue weighted by Gasteiger charge is -2.18. The highest BCUT2D eigenvalue weighted by Gasteiger charge is 2.01. The Kier molecular flexibility index (Phi) is 6.64. The summed E-state index contributed by atoms with van der Waals surface area (Å²) in [5.41, 5.74) is 0. The van der Waals surface area contributed by atoms with Crippen LogP contribution in [-0.4, -0.2) is 31.9 Å². The monoisotopic (exact) mass is 241 g/mol. The van der Waals surface area contributed by atoms with E-state index in [4.69, 9.17) is 4.52 Å². The van der Waals surface area contributed by atoms with Crippen molar-refractivity contribution >= 4 is 29.5 Å². The van der Waals surface area contributed by atoms with Gasteiger partial charge >= 0.3 is 0 Å². The lowest BCUT2D eigenvalue weighted by Crippen LogP contribution is -2.12. The molecule has 0 aliphatic carbocycles. The molecule has 1 N–H and O–H groups in total. The van der Waals surface area contributed by atoms with Crippen LogP contribution in [-0.2, 0) is 4.52 Å².